The average Bonchev–Trinajstić information content (AvgIpc) is 3.32. The Morgan fingerprint density at radius 1 is 0.868 bits per heavy atom. The number of halogens is 1. The highest BCUT2D eigenvalue weighted by Crippen LogP contribution is 2.34. The number of fused-ring (bicyclic) bond motifs is 2. The Hall–Kier alpha value is -4.08. The van der Waals surface area contributed by atoms with E-state index in [9.17, 15) is 17.6 Å². The highest BCUT2D eigenvalue weighted by atomic mass is 32.2. The summed E-state index contributed by atoms with van der Waals surface area (Å²) in [5.41, 5.74) is 1.67. The smallest absolute Gasteiger partial charge is 0.270 e. The molecule has 1 aliphatic rings. The molecule has 0 spiro atoms. The molecular weight excluding hydrogens is 503 g/mol. The molecule has 1 aliphatic heterocycles. The molecule has 1 amide bonds. The zero-order valence-corrected chi connectivity index (χ0v) is 21.5. The van der Waals surface area contributed by atoms with Gasteiger partial charge in [-0.2, -0.15) is 0 Å². The number of aromatic nitrogens is 2. The minimum atomic E-state index is -4.28. The number of hydrogen-bond donors (Lipinski definition) is 0. The van der Waals surface area contributed by atoms with Gasteiger partial charge in [0.1, 0.15) is 5.82 Å². The van der Waals surface area contributed by atoms with Crippen LogP contribution in [0.3, 0.4) is 0 Å². The van der Waals surface area contributed by atoms with Crippen molar-refractivity contribution >= 4 is 37.7 Å². The molecule has 6 rings (SSSR count). The van der Waals surface area contributed by atoms with Gasteiger partial charge in [0, 0.05) is 37.3 Å². The SMILES string of the molecule is CN1CCN(C(=O)c2ccc3nc(-c4cccc5ccccc45)n(S(=O)(=O)c4cccc(F)c4)c3c2)CC1. The van der Waals surface area contributed by atoms with E-state index < -0.39 is 15.8 Å². The summed E-state index contributed by atoms with van der Waals surface area (Å²) in [6.07, 6.45) is 0. The minimum absolute atomic E-state index is 0.164. The first-order chi connectivity index (χ1) is 18.3. The molecular formula is C29H25FN4O3S. The van der Waals surface area contributed by atoms with Gasteiger partial charge in [0.2, 0.25) is 0 Å². The largest absolute Gasteiger partial charge is 0.336 e. The summed E-state index contributed by atoms with van der Waals surface area (Å²) in [5, 5.41) is 1.76. The van der Waals surface area contributed by atoms with E-state index in [4.69, 9.17) is 4.98 Å². The van der Waals surface area contributed by atoms with Gasteiger partial charge in [-0.05, 0) is 54.2 Å². The molecule has 192 valence electrons. The standard InChI is InChI=1S/C29H25FN4O3S/c1-32-14-16-33(17-15-32)29(35)21-12-13-26-27(18-21)34(38(36,37)23-9-5-8-22(30)19-23)28(31-26)25-11-4-7-20-6-2-3-10-24(20)25/h2-13,18-19H,14-17H2,1H3. The topological polar surface area (TPSA) is 75.5 Å². The Kier molecular flexibility index (Phi) is 5.97. The van der Waals surface area contributed by atoms with Crippen molar-refractivity contribution in [3.05, 3.63) is 96.3 Å². The van der Waals surface area contributed by atoms with Crippen molar-refractivity contribution in [3.8, 4) is 11.4 Å². The maximum atomic E-state index is 14.1. The molecule has 1 fully saturated rings. The van der Waals surface area contributed by atoms with Crippen molar-refractivity contribution in [1.82, 2.24) is 18.8 Å². The van der Waals surface area contributed by atoms with Gasteiger partial charge in [0.05, 0.1) is 15.9 Å². The number of benzene rings is 4. The van der Waals surface area contributed by atoms with Gasteiger partial charge in [0.15, 0.2) is 5.82 Å². The molecule has 0 radical (unpaired) electrons. The van der Waals surface area contributed by atoms with Crippen molar-refractivity contribution < 1.29 is 17.6 Å². The monoisotopic (exact) mass is 528 g/mol. The van der Waals surface area contributed by atoms with E-state index >= 15 is 0 Å². The normalized spacial score (nSPS) is 14.8. The van der Waals surface area contributed by atoms with Crippen LogP contribution in [0.5, 0.6) is 0 Å². The van der Waals surface area contributed by atoms with Gasteiger partial charge in [0.25, 0.3) is 15.9 Å². The third-order valence-corrected chi connectivity index (χ3v) is 8.72. The lowest BCUT2D eigenvalue weighted by atomic mass is 10.0. The minimum Gasteiger partial charge on any atom is -0.336 e. The fourth-order valence-electron chi connectivity index (χ4n) is 4.95. The lowest BCUT2D eigenvalue weighted by molar-refractivity contribution is 0.0664. The zero-order chi connectivity index (χ0) is 26.4. The highest BCUT2D eigenvalue weighted by molar-refractivity contribution is 7.90. The first-order valence-electron chi connectivity index (χ1n) is 12.3. The number of carbonyl (C=O) groups excluding carboxylic acids is 1. The van der Waals surface area contributed by atoms with Crippen molar-refractivity contribution in [2.45, 2.75) is 4.90 Å². The summed E-state index contributed by atoms with van der Waals surface area (Å²) in [6, 6.07) is 23.1. The molecule has 38 heavy (non-hydrogen) atoms. The molecule has 9 heteroatoms. The number of amides is 1. The number of nitrogens with zero attached hydrogens (tertiary/aromatic N) is 4. The third kappa shape index (κ3) is 4.13. The first-order valence-corrected chi connectivity index (χ1v) is 13.8. The molecule has 4 aromatic carbocycles. The quantitative estimate of drug-likeness (QED) is 0.340. The summed E-state index contributed by atoms with van der Waals surface area (Å²) in [6.45, 7) is 2.72. The second-order valence-electron chi connectivity index (χ2n) is 9.49. The van der Waals surface area contributed by atoms with Gasteiger partial charge in [-0.1, -0.05) is 48.5 Å². The van der Waals surface area contributed by atoms with Crippen molar-refractivity contribution in [2.75, 3.05) is 33.2 Å². The molecule has 0 bridgehead atoms. The van der Waals surface area contributed by atoms with Crippen LogP contribution in [0.4, 0.5) is 4.39 Å². The van der Waals surface area contributed by atoms with Gasteiger partial charge < -0.3 is 9.80 Å². The van der Waals surface area contributed by atoms with Crippen LogP contribution in [0.25, 0.3) is 33.2 Å². The molecule has 0 unspecified atom stereocenters. The molecule has 1 aromatic heterocycles. The summed E-state index contributed by atoms with van der Waals surface area (Å²) in [4.78, 5) is 21.8. The number of likely N-dealkylation sites (N-methyl/N-ethyl adjacent to an activating group) is 1. The molecule has 5 aromatic rings. The Morgan fingerprint density at radius 3 is 2.39 bits per heavy atom. The molecule has 0 saturated carbocycles. The van der Waals surface area contributed by atoms with Crippen LogP contribution in [0.2, 0.25) is 0 Å². The van der Waals surface area contributed by atoms with Crippen LogP contribution < -0.4 is 0 Å². The average molecular weight is 529 g/mol. The van der Waals surface area contributed by atoms with Crippen molar-refractivity contribution in [3.63, 3.8) is 0 Å². The van der Waals surface area contributed by atoms with Gasteiger partial charge >= 0.3 is 0 Å². The lowest BCUT2D eigenvalue weighted by Crippen LogP contribution is -2.47. The molecule has 1 saturated heterocycles. The Morgan fingerprint density at radius 2 is 1.61 bits per heavy atom. The molecule has 2 heterocycles. The van der Waals surface area contributed by atoms with Gasteiger partial charge in [-0.3, -0.25) is 4.79 Å². The van der Waals surface area contributed by atoms with Gasteiger partial charge in [-0.25, -0.2) is 21.8 Å². The maximum Gasteiger partial charge on any atom is 0.270 e. The van der Waals surface area contributed by atoms with Crippen LogP contribution >= 0.6 is 0 Å². The molecule has 7 nitrogen and oxygen atoms in total. The summed E-state index contributed by atoms with van der Waals surface area (Å²) < 4.78 is 43.4. The fourth-order valence-corrected chi connectivity index (χ4v) is 6.44. The second-order valence-corrected chi connectivity index (χ2v) is 11.3. The van der Waals surface area contributed by atoms with Crippen molar-refractivity contribution in [1.29, 1.82) is 0 Å². The number of imidazole rings is 1. The second kappa shape index (κ2) is 9.34. The molecule has 0 N–H and O–H groups in total. The summed E-state index contributed by atoms with van der Waals surface area (Å²) in [7, 11) is -2.27. The summed E-state index contributed by atoms with van der Waals surface area (Å²) in [5.74, 6) is -0.624. The van der Waals surface area contributed by atoms with Crippen LogP contribution in [-0.4, -0.2) is 66.3 Å². The molecule has 0 aliphatic carbocycles. The van der Waals surface area contributed by atoms with E-state index in [1.807, 2.05) is 49.5 Å². The Balaban J connectivity index is 1.59. The first kappa shape index (κ1) is 24.3. The molecule has 0 atom stereocenters. The van der Waals surface area contributed by atoms with Crippen molar-refractivity contribution in [2.24, 2.45) is 0 Å². The van der Waals surface area contributed by atoms with E-state index in [1.165, 1.54) is 18.2 Å². The lowest BCUT2D eigenvalue weighted by Gasteiger charge is -2.32. The van der Waals surface area contributed by atoms with Gasteiger partial charge in [-0.15, -0.1) is 0 Å². The van der Waals surface area contributed by atoms with Crippen LogP contribution in [0, 0.1) is 5.82 Å². The van der Waals surface area contributed by atoms with E-state index in [0.717, 1.165) is 33.9 Å². The zero-order valence-electron chi connectivity index (χ0n) is 20.7. The van der Waals surface area contributed by atoms with E-state index in [2.05, 4.69) is 4.90 Å². The summed E-state index contributed by atoms with van der Waals surface area (Å²) >= 11 is 0. The predicted molar refractivity (Wildman–Crippen MR) is 145 cm³/mol. The van der Waals surface area contributed by atoms with Crippen LogP contribution in [-0.2, 0) is 10.0 Å². The van der Waals surface area contributed by atoms with E-state index in [1.54, 1.807) is 23.1 Å². The number of rotatable bonds is 4. The number of piperazine rings is 1. The maximum absolute atomic E-state index is 14.1. The highest BCUT2D eigenvalue weighted by Gasteiger charge is 2.28. The number of carbonyl (C=O) groups is 1. The fraction of sp³-hybridized carbons (Fsp3) is 0.172. The Labute approximate surface area is 219 Å². The predicted octanol–water partition coefficient (Wildman–Crippen LogP) is 4.62. The van der Waals surface area contributed by atoms with Crippen LogP contribution in [0.15, 0.2) is 89.8 Å². The third-order valence-electron chi connectivity index (χ3n) is 7.02. The van der Waals surface area contributed by atoms with E-state index in [-0.39, 0.29) is 22.1 Å². The number of hydrogen-bond acceptors (Lipinski definition) is 5. The van der Waals surface area contributed by atoms with E-state index in [0.29, 0.717) is 29.7 Å². The Bertz CT molecular complexity index is 1800. The van der Waals surface area contributed by atoms with Crippen LogP contribution in [0.1, 0.15) is 10.4 Å².